The molecule has 0 spiro atoms. The minimum absolute atomic E-state index is 0.264. The van der Waals surface area contributed by atoms with Gasteiger partial charge in [0.2, 0.25) is 0 Å². The van der Waals surface area contributed by atoms with Gasteiger partial charge in [-0.15, -0.1) is 11.8 Å². The van der Waals surface area contributed by atoms with Crippen molar-refractivity contribution in [1.82, 2.24) is 0 Å². The van der Waals surface area contributed by atoms with E-state index in [1.165, 1.54) is 17.8 Å². The van der Waals surface area contributed by atoms with E-state index in [4.69, 9.17) is 17.3 Å². The maximum absolute atomic E-state index is 13.4. The maximum atomic E-state index is 13.4. The van der Waals surface area contributed by atoms with Crippen LogP contribution in [-0.4, -0.2) is 0 Å². The van der Waals surface area contributed by atoms with Gasteiger partial charge in [0.15, 0.2) is 0 Å². The molecule has 2 N–H and O–H groups in total. The average molecular weight is 347 g/mol. The molecular formula is C13H10BrClFNS. The SMILES string of the molecule is Nc1cccc(Cl)c1SCc1cccc(F)c1Br. The van der Waals surface area contributed by atoms with Crippen molar-refractivity contribution in [2.45, 2.75) is 10.6 Å². The fourth-order valence-electron chi connectivity index (χ4n) is 1.49. The van der Waals surface area contributed by atoms with Crippen molar-refractivity contribution in [1.29, 1.82) is 0 Å². The normalized spacial score (nSPS) is 10.6. The van der Waals surface area contributed by atoms with E-state index in [1.54, 1.807) is 24.3 Å². The molecule has 0 aliphatic heterocycles. The molecule has 0 saturated heterocycles. The quantitative estimate of drug-likeness (QED) is 0.617. The molecule has 5 heteroatoms. The molecule has 1 nitrogen and oxygen atoms in total. The number of rotatable bonds is 3. The molecule has 0 amide bonds. The summed E-state index contributed by atoms with van der Waals surface area (Å²) < 4.78 is 13.8. The third-order valence-corrected chi connectivity index (χ3v) is 4.92. The lowest BCUT2D eigenvalue weighted by atomic mass is 10.2. The molecule has 2 aromatic rings. The van der Waals surface area contributed by atoms with E-state index in [0.29, 0.717) is 20.9 Å². The summed E-state index contributed by atoms with van der Waals surface area (Å²) in [6, 6.07) is 10.4. The fraction of sp³-hybridized carbons (Fsp3) is 0.0769. The van der Waals surface area contributed by atoms with Crippen molar-refractivity contribution in [2.75, 3.05) is 5.73 Å². The van der Waals surface area contributed by atoms with Crippen LogP contribution in [0.4, 0.5) is 10.1 Å². The summed E-state index contributed by atoms with van der Waals surface area (Å²) in [6.45, 7) is 0. The highest BCUT2D eigenvalue weighted by atomic mass is 79.9. The van der Waals surface area contributed by atoms with Gasteiger partial charge in [0.05, 0.1) is 9.50 Å². The predicted octanol–water partition coefficient (Wildman–Crippen LogP) is 5.12. The maximum Gasteiger partial charge on any atom is 0.137 e. The van der Waals surface area contributed by atoms with E-state index in [2.05, 4.69) is 15.9 Å². The van der Waals surface area contributed by atoms with Crippen LogP contribution < -0.4 is 5.73 Å². The highest BCUT2D eigenvalue weighted by Gasteiger charge is 2.09. The van der Waals surface area contributed by atoms with Crippen molar-refractivity contribution in [2.24, 2.45) is 0 Å². The molecule has 94 valence electrons. The average Bonchev–Trinajstić information content (AvgIpc) is 2.33. The van der Waals surface area contributed by atoms with Crippen LogP contribution in [0.5, 0.6) is 0 Å². The first kappa shape index (κ1) is 13.7. The van der Waals surface area contributed by atoms with E-state index in [-0.39, 0.29) is 5.82 Å². The summed E-state index contributed by atoms with van der Waals surface area (Å²) in [5.74, 6) is 0.340. The smallest absolute Gasteiger partial charge is 0.137 e. The molecule has 0 bridgehead atoms. The van der Waals surface area contributed by atoms with Crippen molar-refractivity contribution in [3.63, 3.8) is 0 Å². The van der Waals surface area contributed by atoms with Crippen LogP contribution >= 0.6 is 39.3 Å². The first-order valence-electron chi connectivity index (χ1n) is 5.19. The zero-order valence-corrected chi connectivity index (χ0v) is 12.4. The Kier molecular flexibility index (Phi) is 4.54. The molecule has 0 atom stereocenters. The lowest BCUT2D eigenvalue weighted by Gasteiger charge is -2.09. The number of anilines is 1. The van der Waals surface area contributed by atoms with Gasteiger partial charge in [0.25, 0.3) is 0 Å². The molecule has 0 saturated carbocycles. The Hall–Kier alpha value is -0.710. The summed E-state index contributed by atoms with van der Waals surface area (Å²) in [5, 5.41) is 0.618. The van der Waals surface area contributed by atoms with Crippen molar-refractivity contribution < 1.29 is 4.39 Å². The van der Waals surface area contributed by atoms with E-state index < -0.39 is 0 Å². The Morgan fingerprint density at radius 1 is 1.22 bits per heavy atom. The summed E-state index contributed by atoms with van der Waals surface area (Å²) in [7, 11) is 0. The first-order valence-corrected chi connectivity index (χ1v) is 7.35. The number of hydrogen-bond acceptors (Lipinski definition) is 2. The number of hydrogen-bond donors (Lipinski definition) is 1. The van der Waals surface area contributed by atoms with Crippen molar-refractivity contribution in [3.05, 3.63) is 57.3 Å². The molecular weight excluding hydrogens is 337 g/mol. The third-order valence-electron chi connectivity index (χ3n) is 2.40. The second-order valence-corrected chi connectivity index (χ2v) is 5.85. The van der Waals surface area contributed by atoms with Crippen molar-refractivity contribution >= 4 is 45.0 Å². The number of halogens is 3. The molecule has 0 aliphatic rings. The summed E-state index contributed by atoms with van der Waals surface area (Å²) >= 11 is 10.8. The summed E-state index contributed by atoms with van der Waals surface area (Å²) in [6.07, 6.45) is 0. The van der Waals surface area contributed by atoms with Gasteiger partial charge in [-0.1, -0.05) is 29.8 Å². The van der Waals surface area contributed by atoms with Gasteiger partial charge in [0.1, 0.15) is 5.82 Å². The second kappa shape index (κ2) is 5.95. The Labute approximate surface area is 123 Å². The molecule has 0 radical (unpaired) electrons. The van der Waals surface area contributed by atoms with Crippen LogP contribution in [0.15, 0.2) is 45.8 Å². The van der Waals surface area contributed by atoms with Crippen LogP contribution in [0.3, 0.4) is 0 Å². The number of nitrogens with two attached hydrogens (primary N) is 1. The van der Waals surface area contributed by atoms with Crippen LogP contribution in [0.25, 0.3) is 0 Å². The predicted molar refractivity (Wildman–Crippen MR) is 79.5 cm³/mol. The molecule has 0 unspecified atom stereocenters. The highest BCUT2D eigenvalue weighted by Crippen LogP contribution is 2.36. The number of benzene rings is 2. The van der Waals surface area contributed by atoms with Gasteiger partial charge in [-0.3, -0.25) is 0 Å². The van der Waals surface area contributed by atoms with Gasteiger partial charge in [-0.25, -0.2) is 4.39 Å². The largest absolute Gasteiger partial charge is 0.398 e. The fourth-order valence-corrected chi connectivity index (χ4v) is 3.40. The topological polar surface area (TPSA) is 26.0 Å². The van der Waals surface area contributed by atoms with Gasteiger partial charge < -0.3 is 5.73 Å². The van der Waals surface area contributed by atoms with Gasteiger partial charge in [-0.2, -0.15) is 0 Å². The first-order chi connectivity index (χ1) is 8.59. The van der Waals surface area contributed by atoms with Gasteiger partial charge in [-0.05, 0) is 39.7 Å². The second-order valence-electron chi connectivity index (χ2n) is 3.66. The summed E-state index contributed by atoms with van der Waals surface area (Å²) in [5.41, 5.74) is 7.38. The lowest BCUT2D eigenvalue weighted by Crippen LogP contribution is -1.91. The minimum Gasteiger partial charge on any atom is -0.398 e. The zero-order chi connectivity index (χ0) is 13.1. The molecule has 2 rings (SSSR count). The number of thioether (sulfide) groups is 1. The monoisotopic (exact) mass is 345 g/mol. The molecule has 18 heavy (non-hydrogen) atoms. The van der Waals surface area contributed by atoms with E-state index in [9.17, 15) is 4.39 Å². The number of nitrogen functional groups attached to an aromatic ring is 1. The zero-order valence-electron chi connectivity index (χ0n) is 9.29. The molecule has 0 aliphatic carbocycles. The van der Waals surface area contributed by atoms with E-state index in [0.717, 1.165) is 10.5 Å². The molecule has 0 fully saturated rings. The van der Waals surface area contributed by atoms with E-state index in [1.807, 2.05) is 6.07 Å². The van der Waals surface area contributed by atoms with Crippen LogP contribution in [-0.2, 0) is 5.75 Å². The Morgan fingerprint density at radius 3 is 2.67 bits per heavy atom. The van der Waals surface area contributed by atoms with Gasteiger partial charge in [0, 0.05) is 16.3 Å². The molecule has 0 aromatic heterocycles. The van der Waals surface area contributed by atoms with Gasteiger partial charge >= 0.3 is 0 Å². The Bertz CT molecular complexity index is 557. The molecule has 0 heterocycles. The Morgan fingerprint density at radius 2 is 1.94 bits per heavy atom. The highest BCUT2D eigenvalue weighted by molar-refractivity contribution is 9.10. The molecule has 2 aromatic carbocycles. The van der Waals surface area contributed by atoms with Crippen LogP contribution in [0.1, 0.15) is 5.56 Å². The van der Waals surface area contributed by atoms with Crippen LogP contribution in [0.2, 0.25) is 5.02 Å². The summed E-state index contributed by atoms with van der Waals surface area (Å²) in [4.78, 5) is 0.829. The van der Waals surface area contributed by atoms with Crippen molar-refractivity contribution in [3.8, 4) is 0 Å². The Balaban J connectivity index is 2.19. The van der Waals surface area contributed by atoms with E-state index >= 15 is 0 Å². The third kappa shape index (κ3) is 2.99. The lowest BCUT2D eigenvalue weighted by molar-refractivity contribution is 0.619. The minimum atomic E-state index is -0.264. The standard InChI is InChI=1S/C13H10BrClFNS/c14-12-8(3-1-5-10(12)16)7-18-13-9(15)4-2-6-11(13)17/h1-6H,7,17H2. The van der Waals surface area contributed by atoms with Crippen LogP contribution in [0, 0.1) is 5.82 Å².